The van der Waals surface area contributed by atoms with Crippen LogP contribution in [0.3, 0.4) is 0 Å². The Kier molecular flexibility index (Phi) is 4.61. The highest BCUT2D eigenvalue weighted by Gasteiger charge is 2.53. The second-order valence-corrected chi connectivity index (χ2v) is 8.28. The molecule has 7 nitrogen and oxygen atoms in total. The average Bonchev–Trinajstić information content (AvgIpc) is 3.24. The summed E-state index contributed by atoms with van der Waals surface area (Å²) in [6.45, 7) is 6.79. The van der Waals surface area contributed by atoms with Gasteiger partial charge in [-0.15, -0.1) is 10.2 Å². The fourth-order valence-corrected chi connectivity index (χ4v) is 4.49. The van der Waals surface area contributed by atoms with Crippen LogP contribution in [0.1, 0.15) is 55.2 Å². The second-order valence-electron chi connectivity index (χ2n) is 8.28. The number of amides is 1. The van der Waals surface area contributed by atoms with Gasteiger partial charge in [0.2, 0.25) is 5.88 Å². The summed E-state index contributed by atoms with van der Waals surface area (Å²) < 4.78 is 7.27. The Labute approximate surface area is 159 Å². The minimum absolute atomic E-state index is 0.0360. The van der Waals surface area contributed by atoms with Crippen molar-refractivity contribution < 1.29 is 9.53 Å². The molecular formula is C20H27N5O2. The molecule has 3 heterocycles. The van der Waals surface area contributed by atoms with Crippen LogP contribution in [0.25, 0.3) is 0 Å². The highest BCUT2D eigenvalue weighted by atomic mass is 16.5. The number of carbonyl (C=O) groups is 1. The molecule has 4 rings (SSSR count). The van der Waals surface area contributed by atoms with Crippen LogP contribution in [0.4, 0.5) is 0 Å². The van der Waals surface area contributed by atoms with Gasteiger partial charge in [0.1, 0.15) is 12.2 Å². The van der Waals surface area contributed by atoms with Gasteiger partial charge in [0, 0.05) is 37.8 Å². The Balaban J connectivity index is 1.58. The molecule has 1 amide bonds. The van der Waals surface area contributed by atoms with E-state index in [0.29, 0.717) is 23.9 Å². The number of ether oxygens (including phenoxy) is 1. The van der Waals surface area contributed by atoms with Crippen LogP contribution in [0.2, 0.25) is 0 Å². The van der Waals surface area contributed by atoms with E-state index in [-0.39, 0.29) is 17.2 Å². The van der Waals surface area contributed by atoms with Crippen molar-refractivity contribution in [1.29, 1.82) is 0 Å². The summed E-state index contributed by atoms with van der Waals surface area (Å²) >= 11 is 0. The average molecular weight is 369 g/mol. The van der Waals surface area contributed by atoms with E-state index in [0.717, 1.165) is 31.8 Å². The van der Waals surface area contributed by atoms with Gasteiger partial charge in [-0.05, 0) is 30.2 Å². The van der Waals surface area contributed by atoms with E-state index in [1.54, 1.807) is 25.4 Å². The van der Waals surface area contributed by atoms with Gasteiger partial charge in [0.25, 0.3) is 5.91 Å². The van der Waals surface area contributed by atoms with E-state index in [1.807, 2.05) is 11.2 Å². The molecule has 0 N–H and O–H groups in total. The summed E-state index contributed by atoms with van der Waals surface area (Å²) in [5.74, 6) is 2.37. The molecular weight excluding hydrogens is 342 g/mol. The van der Waals surface area contributed by atoms with Gasteiger partial charge in [0.05, 0.1) is 12.7 Å². The maximum atomic E-state index is 13.1. The molecule has 144 valence electrons. The number of likely N-dealkylation sites (tertiary alicyclic amines) is 1. The van der Waals surface area contributed by atoms with Crippen molar-refractivity contribution in [2.45, 2.75) is 45.6 Å². The van der Waals surface area contributed by atoms with E-state index in [9.17, 15) is 4.79 Å². The standard InChI is InChI=1S/C20H27N5O2/c1-14(2)10-25-13-22-23-18(25)16-11-24(12-20(16)7-4-8-20)19(26)15-5-6-17(27-3)21-9-15/h5-6,9,13-14,16H,4,7-8,10-12H2,1-3H3. The lowest BCUT2D eigenvalue weighted by molar-refractivity contribution is 0.0722. The molecule has 1 atom stereocenters. The molecule has 2 aromatic heterocycles. The van der Waals surface area contributed by atoms with E-state index < -0.39 is 0 Å². The lowest BCUT2D eigenvalue weighted by atomic mass is 9.62. The minimum atomic E-state index is 0.0360. The quantitative estimate of drug-likeness (QED) is 0.810. The highest BCUT2D eigenvalue weighted by molar-refractivity contribution is 5.94. The van der Waals surface area contributed by atoms with Gasteiger partial charge in [-0.25, -0.2) is 4.98 Å². The first-order chi connectivity index (χ1) is 13.0. The zero-order valence-electron chi connectivity index (χ0n) is 16.3. The van der Waals surface area contributed by atoms with Crippen molar-refractivity contribution in [1.82, 2.24) is 24.6 Å². The van der Waals surface area contributed by atoms with Gasteiger partial charge < -0.3 is 14.2 Å². The number of hydrogen-bond donors (Lipinski definition) is 0. The Morgan fingerprint density at radius 3 is 2.78 bits per heavy atom. The molecule has 1 saturated carbocycles. The van der Waals surface area contributed by atoms with Gasteiger partial charge in [-0.3, -0.25) is 4.79 Å². The molecule has 1 saturated heterocycles. The number of hydrogen-bond acceptors (Lipinski definition) is 5. The lowest BCUT2D eigenvalue weighted by Gasteiger charge is -2.42. The molecule has 0 radical (unpaired) electrons. The number of methoxy groups -OCH3 is 1. The third-order valence-electron chi connectivity index (χ3n) is 6.00. The molecule has 2 fully saturated rings. The van der Waals surface area contributed by atoms with Gasteiger partial charge >= 0.3 is 0 Å². The zero-order valence-corrected chi connectivity index (χ0v) is 16.3. The summed E-state index contributed by atoms with van der Waals surface area (Å²) in [6.07, 6.45) is 6.96. The lowest BCUT2D eigenvalue weighted by Crippen LogP contribution is -2.38. The topological polar surface area (TPSA) is 73.1 Å². The summed E-state index contributed by atoms with van der Waals surface area (Å²) in [7, 11) is 1.57. The number of carbonyl (C=O) groups excluding carboxylic acids is 1. The fraction of sp³-hybridized carbons (Fsp3) is 0.600. The molecule has 2 aromatic rings. The van der Waals surface area contributed by atoms with E-state index in [1.165, 1.54) is 6.42 Å². The predicted molar refractivity (Wildman–Crippen MR) is 101 cm³/mol. The minimum Gasteiger partial charge on any atom is -0.481 e. The van der Waals surface area contributed by atoms with Gasteiger partial charge in [-0.1, -0.05) is 20.3 Å². The maximum Gasteiger partial charge on any atom is 0.255 e. The zero-order chi connectivity index (χ0) is 19.0. The molecule has 1 aliphatic heterocycles. The van der Waals surface area contributed by atoms with Crippen molar-refractivity contribution in [3.8, 4) is 5.88 Å². The van der Waals surface area contributed by atoms with Crippen LogP contribution in [0, 0.1) is 11.3 Å². The Bertz CT molecular complexity index is 810. The first-order valence-electron chi connectivity index (χ1n) is 9.69. The third kappa shape index (κ3) is 3.19. The number of rotatable bonds is 5. The first-order valence-corrected chi connectivity index (χ1v) is 9.69. The van der Waals surface area contributed by atoms with Crippen molar-refractivity contribution >= 4 is 5.91 Å². The number of aromatic nitrogens is 4. The predicted octanol–water partition coefficient (Wildman–Crippen LogP) is 2.75. The Morgan fingerprint density at radius 2 is 2.19 bits per heavy atom. The van der Waals surface area contributed by atoms with Gasteiger partial charge in [0.15, 0.2) is 0 Å². The van der Waals surface area contributed by atoms with Crippen LogP contribution < -0.4 is 4.74 Å². The molecule has 1 spiro atoms. The Hall–Kier alpha value is -2.44. The SMILES string of the molecule is COc1ccc(C(=O)N2CC(c3nncn3CC(C)C)C3(CCC3)C2)cn1. The fourth-order valence-electron chi connectivity index (χ4n) is 4.49. The molecule has 1 aliphatic carbocycles. The highest BCUT2D eigenvalue weighted by Crippen LogP contribution is 2.55. The van der Waals surface area contributed by atoms with Crippen LogP contribution in [0.5, 0.6) is 5.88 Å². The third-order valence-corrected chi connectivity index (χ3v) is 6.00. The summed E-state index contributed by atoms with van der Waals surface area (Å²) in [6, 6.07) is 3.52. The molecule has 27 heavy (non-hydrogen) atoms. The normalized spacial score (nSPS) is 20.9. The molecule has 0 aromatic carbocycles. The smallest absolute Gasteiger partial charge is 0.255 e. The molecule has 2 aliphatic rings. The van der Waals surface area contributed by atoms with Crippen molar-refractivity contribution in [2.24, 2.45) is 11.3 Å². The summed E-state index contributed by atoms with van der Waals surface area (Å²) in [5, 5.41) is 8.64. The molecule has 1 unspecified atom stereocenters. The first kappa shape index (κ1) is 17.9. The molecule has 0 bridgehead atoms. The number of pyridine rings is 1. The van der Waals surface area contributed by atoms with Crippen LogP contribution in [0.15, 0.2) is 24.7 Å². The monoisotopic (exact) mass is 369 g/mol. The van der Waals surface area contributed by atoms with Crippen LogP contribution >= 0.6 is 0 Å². The molecule has 7 heteroatoms. The van der Waals surface area contributed by atoms with E-state index in [4.69, 9.17) is 4.74 Å². The van der Waals surface area contributed by atoms with Crippen molar-refractivity contribution in [2.75, 3.05) is 20.2 Å². The summed E-state index contributed by atoms with van der Waals surface area (Å²) in [4.78, 5) is 19.2. The van der Waals surface area contributed by atoms with Crippen molar-refractivity contribution in [3.05, 3.63) is 36.0 Å². The summed E-state index contributed by atoms with van der Waals surface area (Å²) in [5.41, 5.74) is 0.756. The second kappa shape index (κ2) is 6.94. The maximum absolute atomic E-state index is 13.1. The van der Waals surface area contributed by atoms with Crippen LogP contribution in [-0.4, -0.2) is 50.8 Å². The van der Waals surface area contributed by atoms with Crippen molar-refractivity contribution in [3.63, 3.8) is 0 Å². The van der Waals surface area contributed by atoms with Gasteiger partial charge in [-0.2, -0.15) is 0 Å². The largest absolute Gasteiger partial charge is 0.481 e. The number of nitrogens with zero attached hydrogens (tertiary/aromatic N) is 5. The Morgan fingerprint density at radius 1 is 1.37 bits per heavy atom. The van der Waals surface area contributed by atoms with E-state index >= 15 is 0 Å². The van der Waals surface area contributed by atoms with E-state index in [2.05, 4.69) is 33.6 Å². The van der Waals surface area contributed by atoms with Crippen LogP contribution in [-0.2, 0) is 6.54 Å².